The van der Waals surface area contributed by atoms with Gasteiger partial charge in [0.15, 0.2) is 11.6 Å². The summed E-state index contributed by atoms with van der Waals surface area (Å²) in [4.78, 5) is 15.8. The van der Waals surface area contributed by atoms with E-state index < -0.39 is 10.0 Å². The highest BCUT2D eigenvalue weighted by atomic mass is 32.2. The van der Waals surface area contributed by atoms with Gasteiger partial charge >= 0.3 is 0 Å². The zero-order chi connectivity index (χ0) is 24.7. The maximum Gasteiger partial charge on any atom is 0.235 e. The van der Waals surface area contributed by atoms with E-state index in [9.17, 15) is 8.42 Å². The first-order chi connectivity index (χ1) is 17.5. The molecule has 0 atom stereocenters. The van der Waals surface area contributed by atoms with Gasteiger partial charge < -0.3 is 9.64 Å². The number of sulfonamides is 1. The van der Waals surface area contributed by atoms with Crippen molar-refractivity contribution in [1.82, 2.24) is 29.4 Å². The molecular formula is C24H27N7O3S2. The number of H-pyrrole nitrogens is 1. The molecule has 5 heterocycles. The van der Waals surface area contributed by atoms with Crippen LogP contribution in [0.2, 0.25) is 0 Å². The predicted molar refractivity (Wildman–Crippen MR) is 142 cm³/mol. The Morgan fingerprint density at radius 3 is 2.69 bits per heavy atom. The van der Waals surface area contributed by atoms with Gasteiger partial charge in [-0.3, -0.25) is 10.00 Å². The summed E-state index contributed by atoms with van der Waals surface area (Å²) in [6.07, 6.45) is 1.82. The first kappa shape index (κ1) is 23.5. The Hall–Kier alpha value is -2.90. The van der Waals surface area contributed by atoms with Crippen LogP contribution in [-0.2, 0) is 21.3 Å². The molecule has 36 heavy (non-hydrogen) atoms. The third kappa shape index (κ3) is 4.39. The van der Waals surface area contributed by atoms with Crippen LogP contribution in [0.25, 0.3) is 32.5 Å². The number of rotatable bonds is 6. The average molecular weight is 526 g/mol. The van der Waals surface area contributed by atoms with Crippen LogP contribution in [0.1, 0.15) is 4.88 Å². The number of anilines is 1. The highest BCUT2D eigenvalue weighted by Crippen LogP contribution is 2.36. The lowest BCUT2D eigenvalue weighted by Crippen LogP contribution is -2.47. The molecule has 2 saturated heterocycles. The van der Waals surface area contributed by atoms with Crippen molar-refractivity contribution in [3.8, 4) is 11.4 Å². The lowest BCUT2D eigenvalue weighted by atomic mass is 10.1. The van der Waals surface area contributed by atoms with Crippen molar-refractivity contribution in [2.24, 2.45) is 0 Å². The van der Waals surface area contributed by atoms with Crippen molar-refractivity contribution < 1.29 is 13.2 Å². The fourth-order valence-corrected chi connectivity index (χ4v) is 6.82. The summed E-state index contributed by atoms with van der Waals surface area (Å²) in [7, 11) is -3.37. The second-order valence-electron chi connectivity index (χ2n) is 8.92. The predicted octanol–water partition coefficient (Wildman–Crippen LogP) is 2.66. The van der Waals surface area contributed by atoms with Crippen molar-refractivity contribution in [3.05, 3.63) is 47.3 Å². The first-order valence-corrected chi connectivity index (χ1v) is 14.2. The minimum atomic E-state index is -3.37. The first-order valence-electron chi connectivity index (χ1n) is 11.9. The molecule has 10 nitrogen and oxygen atoms in total. The van der Waals surface area contributed by atoms with Crippen LogP contribution in [0.15, 0.2) is 42.4 Å². The topological polar surface area (TPSA) is 108 Å². The molecule has 0 radical (unpaired) electrons. The third-order valence-electron chi connectivity index (χ3n) is 6.72. The SMILES string of the molecule is C=CS(=O)(=O)N1CCN(Cc2cc3nc(-c4cccc5[nH]ncc45)nc(N4CCOCC4)c3s2)CC1. The highest BCUT2D eigenvalue weighted by molar-refractivity contribution is 7.92. The van der Waals surface area contributed by atoms with Gasteiger partial charge in [-0.05, 0) is 12.1 Å². The monoisotopic (exact) mass is 525 g/mol. The number of fused-ring (bicyclic) bond motifs is 2. The highest BCUT2D eigenvalue weighted by Gasteiger charge is 2.26. The van der Waals surface area contributed by atoms with E-state index in [2.05, 4.69) is 32.6 Å². The molecule has 2 aliphatic heterocycles. The van der Waals surface area contributed by atoms with Crippen LogP contribution < -0.4 is 4.90 Å². The van der Waals surface area contributed by atoms with Gasteiger partial charge in [0.2, 0.25) is 10.0 Å². The number of thiophene rings is 1. The van der Waals surface area contributed by atoms with Crippen molar-refractivity contribution in [2.45, 2.75) is 6.54 Å². The second-order valence-corrected chi connectivity index (χ2v) is 11.9. The van der Waals surface area contributed by atoms with E-state index >= 15 is 0 Å². The number of hydrogen-bond donors (Lipinski definition) is 1. The van der Waals surface area contributed by atoms with Crippen LogP contribution in [0.4, 0.5) is 5.82 Å². The number of benzene rings is 1. The van der Waals surface area contributed by atoms with Crippen molar-refractivity contribution in [2.75, 3.05) is 57.4 Å². The van der Waals surface area contributed by atoms with Gasteiger partial charge in [-0.2, -0.15) is 9.40 Å². The number of aromatic nitrogens is 4. The van der Waals surface area contributed by atoms with Gasteiger partial charge in [-0.25, -0.2) is 18.4 Å². The third-order valence-corrected chi connectivity index (χ3v) is 9.33. The Kier molecular flexibility index (Phi) is 6.21. The maximum atomic E-state index is 12.1. The molecule has 6 rings (SSSR count). The van der Waals surface area contributed by atoms with Gasteiger partial charge in [0.05, 0.1) is 35.1 Å². The minimum Gasteiger partial charge on any atom is -0.378 e. The fraction of sp³-hybridized carbons (Fsp3) is 0.375. The zero-order valence-corrected chi connectivity index (χ0v) is 21.4. The number of morpholine rings is 1. The molecule has 0 saturated carbocycles. The van der Waals surface area contributed by atoms with E-state index in [1.54, 1.807) is 11.3 Å². The molecular weight excluding hydrogens is 498 g/mol. The summed E-state index contributed by atoms with van der Waals surface area (Å²) in [6, 6.07) is 8.17. The van der Waals surface area contributed by atoms with E-state index in [1.807, 2.05) is 24.4 Å². The zero-order valence-electron chi connectivity index (χ0n) is 19.8. The number of aromatic amines is 1. The molecule has 1 aromatic carbocycles. The standard InChI is InChI=1S/C24H27N7O3S2/c1-2-36(32,33)31-8-6-29(7-9-31)16-17-14-21-22(35-17)24(30-10-12-34-13-11-30)27-23(26-21)18-4-3-5-20-19(18)15-25-28-20/h2-5,14-15H,1,6-13,16H2,(H,25,28). The van der Waals surface area contributed by atoms with Crippen LogP contribution >= 0.6 is 11.3 Å². The average Bonchev–Trinajstić information content (AvgIpc) is 3.55. The molecule has 188 valence electrons. The Morgan fingerprint density at radius 2 is 1.92 bits per heavy atom. The summed E-state index contributed by atoms with van der Waals surface area (Å²) < 4.78 is 32.3. The van der Waals surface area contributed by atoms with E-state index in [0.717, 1.165) is 57.5 Å². The quantitative estimate of drug-likeness (QED) is 0.410. The molecule has 0 aliphatic carbocycles. The van der Waals surface area contributed by atoms with Gasteiger partial charge in [0, 0.05) is 67.0 Å². The largest absolute Gasteiger partial charge is 0.378 e. The van der Waals surface area contributed by atoms with Gasteiger partial charge in [-0.1, -0.05) is 18.7 Å². The number of ether oxygens (including phenoxy) is 1. The lowest BCUT2D eigenvalue weighted by molar-refractivity contribution is 0.122. The number of nitrogens with one attached hydrogen (secondary N) is 1. The second kappa shape index (κ2) is 9.52. The fourth-order valence-electron chi connectivity index (χ4n) is 4.78. The van der Waals surface area contributed by atoms with Gasteiger partial charge in [0.25, 0.3) is 0 Å². The van der Waals surface area contributed by atoms with E-state index in [0.29, 0.717) is 45.2 Å². The molecule has 2 fully saturated rings. The summed E-state index contributed by atoms with van der Waals surface area (Å²) in [5.41, 5.74) is 2.83. The molecule has 2 aliphatic rings. The molecule has 4 aromatic rings. The Morgan fingerprint density at radius 1 is 1.11 bits per heavy atom. The van der Waals surface area contributed by atoms with Crippen molar-refractivity contribution in [1.29, 1.82) is 0 Å². The number of piperazine rings is 1. The van der Waals surface area contributed by atoms with E-state index in [-0.39, 0.29) is 0 Å². The van der Waals surface area contributed by atoms with E-state index in [1.165, 1.54) is 9.18 Å². The summed E-state index contributed by atoms with van der Waals surface area (Å²) in [5, 5.41) is 9.25. The normalized spacial score (nSPS) is 18.3. The van der Waals surface area contributed by atoms with Crippen molar-refractivity contribution >= 4 is 48.3 Å². The Labute approximate surface area is 213 Å². The van der Waals surface area contributed by atoms with Crippen LogP contribution in [-0.4, -0.2) is 90.3 Å². The van der Waals surface area contributed by atoms with Crippen molar-refractivity contribution in [3.63, 3.8) is 0 Å². The van der Waals surface area contributed by atoms with E-state index in [4.69, 9.17) is 14.7 Å². The van der Waals surface area contributed by atoms with Gasteiger partial charge in [-0.15, -0.1) is 11.3 Å². The molecule has 0 spiro atoms. The smallest absolute Gasteiger partial charge is 0.235 e. The number of nitrogens with zero attached hydrogens (tertiary/aromatic N) is 6. The lowest BCUT2D eigenvalue weighted by Gasteiger charge is -2.32. The van der Waals surface area contributed by atoms with Crippen LogP contribution in [0, 0.1) is 0 Å². The maximum absolute atomic E-state index is 12.1. The number of hydrogen-bond acceptors (Lipinski definition) is 9. The van der Waals surface area contributed by atoms with Crippen LogP contribution in [0.3, 0.4) is 0 Å². The molecule has 3 aromatic heterocycles. The van der Waals surface area contributed by atoms with Gasteiger partial charge in [0.1, 0.15) is 0 Å². The molecule has 0 amide bonds. The van der Waals surface area contributed by atoms with Crippen LogP contribution in [0.5, 0.6) is 0 Å². The summed E-state index contributed by atoms with van der Waals surface area (Å²) in [5.74, 6) is 1.63. The molecule has 1 N–H and O–H groups in total. The minimum absolute atomic E-state index is 0.469. The molecule has 0 bridgehead atoms. The molecule has 0 unspecified atom stereocenters. The summed E-state index contributed by atoms with van der Waals surface area (Å²) in [6.45, 7) is 9.40. The Bertz CT molecular complexity index is 1520. The Balaban J connectivity index is 1.34. The summed E-state index contributed by atoms with van der Waals surface area (Å²) >= 11 is 1.72. The molecule has 12 heteroatoms.